The quantitative estimate of drug-likeness (QED) is 0.813. The van der Waals surface area contributed by atoms with Crippen molar-refractivity contribution in [3.8, 4) is 5.75 Å². The fourth-order valence-corrected chi connectivity index (χ4v) is 2.12. The van der Waals surface area contributed by atoms with Crippen LogP contribution in [0.2, 0.25) is 0 Å². The van der Waals surface area contributed by atoms with E-state index in [1.165, 1.54) is 4.88 Å². The SMILES string of the molecule is Fc1ccc(F)c(OCCNCc2cccs2)c1. The Labute approximate surface area is 108 Å². The monoisotopic (exact) mass is 269 g/mol. The zero-order chi connectivity index (χ0) is 12.8. The summed E-state index contributed by atoms with van der Waals surface area (Å²) >= 11 is 1.67. The first-order chi connectivity index (χ1) is 8.75. The molecule has 0 aliphatic heterocycles. The second-order valence-corrected chi connectivity index (χ2v) is 4.71. The molecule has 0 saturated heterocycles. The Morgan fingerprint density at radius 1 is 1.22 bits per heavy atom. The van der Waals surface area contributed by atoms with Gasteiger partial charge in [0, 0.05) is 24.0 Å². The highest BCUT2D eigenvalue weighted by molar-refractivity contribution is 7.09. The summed E-state index contributed by atoms with van der Waals surface area (Å²) < 4.78 is 31.2. The van der Waals surface area contributed by atoms with Gasteiger partial charge in [-0.15, -0.1) is 11.3 Å². The molecule has 0 saturated carbocycles. The Bertz CT molecular complexity index is 488. The van der Waals surface area contributed by atoms with E-state index in [0.717, 1.165) is 24.7 Å². The van der Waals surface area contributed by atoms with Crippen LogP contribution in [0.1, 0.15) is 4.88 Å². The molecule has 1 N–H and O–H groups in total. The largest absolute Gasteiger partial charge is 0.489 e. The molecular weight excluding hydrogens is 256 g/mol. The fourth-order valence-electron chi connectivity index (χ4n) is 1.45. The average molecular weight is 269 g/mol. The third kappa shape index (κ3) is 3.78. The Morgan fingerprint density at radius 2 is 2.11 bits per heavy atom. The zero-order valence-corrected chi connectivity index (χ0v) is 10.5. The van der Waals surface area contributed by atoms with Crippen molar-refractivity contribution in [2.75, 3.05) is 13.2 Å². The molecule has 1 aromatic heterocycles. The minimum atomic E-state index is -0.547. The van der Waals surface area contributed by atoms with Crippen molar-refractivity contribution in [3.05, 3.63) is 52.2 Å². The van der Waals surface area contributed by atoms with Crippen LogP contribution in [0.4, 0.5) is 8.78 Å². The van der Waals surface area contributed by atoms with Crippen molar-refractivity contribution in [2.45, 2.75) is 6.54 Å². The lowest BCUT2D eigenvalue weighted by Gasteiger charge is -2.07. The van der Waals surface area contributed by atoms with E-state index < -0.39 is 11.6 Å². The van der Waals surface area contributed by atoms with Crippen LogP contribution in [0, 0.1) is 11.6 Å². The standard InChI is InChI=1S/C13H13F2NOS/c14-10-3-4-12(15)13(8-10)17-6-5-16-9-11-2-1-7-18-11/h1-4,7-8,16H,5-6,9H2. The predicted molar refractivity (Wildman–Crippen MR) is 67.9 cm³/mol. The first-order valence-electron chi connectivity index (χ1n) is 5.56. The molecule has 0 fully saturated rings. The van der Waals surface area contributed by atoms with Crippen LogP contribution < -0.4 is 10.1 Å². The Balaban J connectivity index is 1.70. The van der Waals surface area contributed by atoms with Gasteiger partial charge in [0.1, 0.15) is 12.4 Å². The molecule has 0 atom stereocenters. The van der Waals surface area contributed by atoms with Crippen LogP contribution in [0.25, 0.3) is 0 Å². The van der Waals surface area contributed by atoms with Crippen molar-refractivity contribution in [1.29, 1.82) is 0 Å². The van der Waals surface area contributed by atoms with Gasteiger partial charge in [-0.2, -0.15) is 0 Å². The van der Waals surface area contributed by atoms with Crippen molar-refractivity contribution >= 4 is 11.3 Å². The molecule has 0 amide bonds. The van der Waals surface area contributed by atoms with Crippen molar-refractivity contribution in [3.63, 3.8) is 0 Å². The lowest BCUT2D eigenvalue weighted by Crippen LogP contribution is -2.20. The van der Waals surface area contributed by atoms with Crippen molar-refractivity contribution in [1.82, 2.24) is 5.32 Å². The van der Waals surface area contributed by atoms with Gasteiger partial charge in [-0.1, -0.05) is 6.07 Å². The lowest BCUT2D eigenvalue weighted by atomic mass is 10.3. The first kappa shape index (κ1) is 13.0. The lowest BCUT2D eigenvalue weighted by molar-refractivity contribution is 0.297. The Hall–Kier alpha value is -1.46. The zero-order valence-electron chi connectivity index (χ0n) is 9.66. The third-order valence-electron chi connectivity index (χ3n) is 2.31. The molecule has 2 rings (SSSR count). The van der Waals surface area contributed by atoms with Crippen LogP contribution in [0.15, 0.2) is 35.7 Å². The maximum absolute atomic E-state index is 13.2. The molecule has 2 aromatic rings. The van der Waals surface area contributed by atoms with E-state index in [1.54, 1.807) is 11.3 Å². The summed E-state index contributed by atoms with van der Waals surface area (Å²) in [5, 5.41) is 5.17. The molecule has 0 radical (unpaired) electrons. The normalized spacial score (nSPS) is 10.6. The maximum atomic E-state index is 13.2. The Kier molecular flexibility index (Phi) is 4.66. The predicted octanol–water partition coefficient (Wildman–Crippen LogP) is 3.19. The number of benzene rings is 1. The molecule has 0 aliphatic carbocycles. The molecule has 0 bridgehead atoms. The maximum Gasteiger partial charge on any atom is 0.165 e. The summed E-state index contributed by atoms with van der Waals surface area (Å²) in [6.45, 7) is 1.63. The molecule has 0 unspecified atom stereocenters. The second-order valence-electron chi connectivity index (χ2n) is 3.68. The summed E-state index contributed by atoms with van der Waals surface area (Å²) in [5.41, 5.74) is 0. The van der Waals surface area contributed by atoms with Crippen LogP contribution in [0.3, 0.4) is 0 Å². The van der Waals surface area contributed by atoms with Gasteiger partial charge in [-0.05, 0) is 23.6 Å². The highest BCUT2D eigenvalue weighted by Gasteiger charge is 2.04. The Morgan fingerprint density at radius 3 is 2.89 bits per heavy atom. The smallest absolute Gasteiger partial charge is 0.165 e. The van der Waals surface area contributed by atoms with Gasteiger partial charge in [-0.25, -0.2) is 8.78 Å². The molecular formula is C13H13F2NOS. The van der Waals surface area contributed by atoms with Gasteiger partial charge < -0.3 is 10.1 Å². The minimum absolute atomic E-state index is 0.0482. The number of hydrogen-bond donors (Lipinski definition) is 1. The summed E-state index contributed by atoms with van der Waals surface area (Å²) in [6, 6.07) is 7.20. The fraction of sp³-hybridized carbons (Fsp3) is 0.231. The number of ether oxygens (including phenoxy) is 1. The number of thiophene rings is 1. The van der Waals surface area contributed by atoms with Gasteiger partial charge in [0.25, 0.3) is 0 Å². The highest BCUT2D eigenvalue weighted by atomic mass is 32.1. The van der Waals surface area contributed by atoms with E-state index in [2.05, 4.69) is 5.32 Å². The van der Waals surface area contributed by atoms with Crippen LogP contribution in [0.5, 0.6) is 5.75 Å². The van der Waals surface area contributed by atoms with Crippen LogP contribution >= 0.6 is 11.3 Å². The van der Waals surface area contributed by atoms with Crippen molar-refractivity contribution < 1.29 is 13.5 Å². The van der Waals surface area contributed by atoms with Gasteiger partial charge in [-0.3, -0.25) is 0 Å². The molecule has 18 heavy (non-hydrogen) atoms. The molecule has 1 aromatic carbocycles. The molecule has 1 heterocycles. The second kappa shape index (κ2) is 6.47. The van der Waals surface area contributed by atoms with E-state index in [1.807, 2.05) is 17.5 Å². The minimum Gasteiger partial charge on any atom is -0.489 e. The molecule has 0 aliphatic rings. The van der Waals surface area contributed by atoms with Gasteiger partial charge in [0.15, 0.2) is 11.6 Å². The summed E-state index contributed by atoms with van der Waals surface area (Å²) in [7, 11) is 0. The van der Waals surface area contributed by atoms with Crippen LogP contribution in [-0.4, -0.2) is 13.2 Å². The number of nitrogens with one attached hydrogen (secondary N) is 1. The van der Waals surface area contributed by atoms with Crippen molar-refractivity contribution in [2.24, 2.45) is 0 Å². The molecule has 96 valence electrons. The van der Waals surface area contributed by atoms with E-state index in [0.29, 0.717) is 13.2 Å². The molecule has 5 heteroatoms. The third-order valence-corrected chi connectivity index (χ3v) is 3.19. The first-order valence-corrected chi connectivity index (χ1v) is 6.44. The van der Waals surface area contributed by atoms with Crippen LogP contribution in [-0.2, 0) is 6.54 Å². The van der Waals surface area contributed by atoms with Gasteiger partial charge in [0.05, 0.1) is 0 Å². The number of hydrogen-bond acceptors (Lipinski definition) is 3. The van der Waals surface area contributed by atoms with Gasteiger partial charge in [0.2, 0.25) is 0 Å². The molecule has 2 nitrogen and oxygen atoms in total. The average Bonchev–Trinajstić information content (AvgIpc) is 2.86. The summed E-state index contributed by atoms with van der Waals surface area (Å²) in [4.78, 5) is 1.23. The number of halogens is 2. The van der Waals surface area contributed by atoms with E-state index in [-0.39, 0.29) is 5.75 Å². The molecule has 0 spiro atoms. The summed E-state index contributed by atoms with van der Waals surface area (Å²) in [6.07, 6.45) is 0. The van der Waals surface area contributed by atoms with E-state index in [9.17, 15) is 8.78 Å². The highest BCUT2D eigenvalue weighted by Crippen LogP contribution is 2.17. The van der Waals surface area contributed by atoms with Gasteiger partial charge >= 0.3 is 0 Å². The van der Waals surface area contributed by atoms with E-state index >= 15 is 0 Å². The van der Waals surface area contributed by atoms with E-state index in [4.69, 9.17) is 4.74 Å². The number of rotatable bonds is 6. The summed E-state index contributed by atoms with van der Waals surface area (Å²) in [5.74, 6) is -1.10. The topological polar surface area (TPSA) is 21.3 Å².